The van der Waals surface area contributed by atoms with Gasteiger partial charge in [-0.25, -0.2) is 0 Å². The summed E-state index contributed by atoms with van der Waals surface area (Å²) in [5.41, 5.74) is 1.59. The summed E-state index contributed by atoms with van der Waals surface area (Å²) in [5.74, 6) is 1.24. The molecule has 23 heavy (non-hydrogen) atoms. The number of benzene rings is 1. The maximum absolute atomic E-state index is 12.2. The summed E-state index contributed by atoms with van der Waals surface area (Å²) >= 11 is 0. The van der Waals surface area contributed by atoms with Gasteiger partial charge in [-0.3, -0.25) is 4.79 Å². The van der Waals surface area contributed by atoms with Crippen LogP contribution in [-0.2, 0) is 11.3 Å². The zero-order valence-corrected chi connectivity index (χ0v) is 15.0. The maximum atomic E-state index is 12.2. The number of ether oxygens (including phenoxy) is 2. The largest absolute Gasteiger partial charge is 0.494 e. The minimum atomic E-state index is -0.0331. The second kappa shape index (κ2) is 11.1. The van der Waals surface area contributed by atoms with Crippen LogP contribution in [0.2, 0.25) is 0 Å². The summed E-state index contributed by atoms with van der Waals surface area (Å²) < 4.78 is 11.3. The number of nitrogens with one attached hydrogen (secondary N) is 1. The molecule has 130 valence electrons. The summed E-state index contributed by atoms with van der Waals surface area (Å²) in [6.07, 6.45) is 3.30. The molecule has 1 rings (SSSR count). The van der Waals surface area contributed by atoms with E-state index in [0.717, 1.165) is 37.1 Å². The van der Waals surface area contributed by atoms with Crippen molar-refractivity contribution >= 4 is 5.91 Å². The Labute approximate surface area is 140 Å². The van der Waals surface area contributed by atoms with Crippen LogP contribution in [0.1, 0.15) is 62.9 Å². The lowest BCUT2D eigenvalue weighted by Crippen LogP contribution is -2.24. The van der Waals surface area contributed by atoms with Gasteiger partial charge in [0, 0.05) is 24.3 Å². The Kier molecular flexibility index (Phi) is 9.37. The smallest absolute Gasteiger partial charge is 0.251 e. The quantitative estimate of drug-likeness (QED) is 0.622. The van der Waals surface area contributed by atoms with Crippen LogP contribution in [0.15, 0.2) is 18.2 Å². The van der Waals surface area contributed by atoms with Crippen molar-refractivity contribution < 1.29 is 14.3 Å². The Balaban J connectivity index is 2.70. The van der Waals surface area contributed by atoms with Crippen molar-refractivity contribution in [1.29, 1.82) is 0 Å². The maximum Gasteiger partial charge on any atom is 0.251 e. The van der Waals surface area contributed by atoms with E-state index in [4.69, 9.17) is 9.47 Å². The van der Waals surface area contributed by atoms with Crippen LogP contribution in [-0.4, -0.2) is 25.7 Å². The van der Waals surface area contributed by atoms with E-state index in [-0.39, 0.29) is 5.91 Å². The average Bonchev–Trinajstić information content (AvgIpc) is 2.52. The van der Waals surface area contributed by atoms with Crippen molar-refractivity contribution in [2.24, 2.45) is 5.92 Å². The minimum absolute atomic E-state index is 0.0331. The minimum Gasteiger partial charge on any atom is -0.494 e. The third kappa shape index (κ3) is 7.51. The summed E-state index contributed by atoms with van der Waals surface area (Å²) in [4.78, 5) is 12.2. The lowest BCUT2D eigenvalue weighted by molar-refractivity contribution is 0.0936. The molecule has 1 N–H and O–H groups in total. The van der Waals surface area contributed by atoms with E-state index in [2.05, 4.69) is 26.1 Å². The molecule has 0 heterocycles. The van der Waals surface area contributed by atoms with Gasteiger partial charge in [0.2, 0.25) is 0 Å². The Morgan fingerprint density at radius 3 is 2.65 bits per heavy atom. The number of hydrogen-bond donors (Lipinski definition) is 1. The average molecular weight is 321 g/mol. The van der Waals surface area contributed by atoms with Crippen molar-refractivity contribution in [1.82, 2.24) is 5.32 Å². The Morgan fingerprint density at radius 1 is 1.22 bits per heavy atom. The van der Waals surface area contributed by atoms with E-state index in [1.165, 1.54) is 0 Å². The van der Waals surface area contributed by atoms with Crippen molar-refractivity contribution in [3.8, 4) is 5.75 Å². The lowest BCUT2D eigenvalue weighted by Gasteiger charge is -2.13. The number of hydrogen-bond acceptors (Lipinski definition) is 3. The molecule has 0 aliphatic rings. The lowest BCUT2D eigenvalue weighted by atomic mass is 10.1. The zero-order valence-electron chi connectivity index (χ0n) is 15.0. The third-order valence-corrected chi connectivity index (χ3v) is 3.40. The molecule has 1 aromatic carbocycles. The van der Waals surface area contributed by atoms with Gasteiger partial charge >= 0.3 is 0 Å². The van der Waals surface area contributed by atoms with Gasteiger partial charge in [0.15, 0.2) is 0 Å². The molecule has 0 bridgehead atoms. The molecule has 0 radical (unpaired) electrons. The number of carbonyl (C=O) groups is 1. The molecular weight excluding hydrogens is 290 g/mol. The molecule has 0 atom stereocenters. The van der Waals surface area contributed by atoms with Gasteiger partial charge < -0.3 is 14.8 Å². The third-order valence-electron chi connectivity index (χ3n) is 3.40. The molecule has 0 aromatic heterocycles. The van der Waals surface area contributed by atoms with E-state index < -0.39 is 0 Å². The first kappa shape index (κ1) is 19.5. The highest BCUT2D eigenvalue weighted by atomic mass is 16.5. The summed E-state index contributed by atoms with van der Waals surface area (Å²) in [6, 6.07) is 5.55. The summed E-state index contributed by atoms with van der Waals surface area (Å²) in [5, 5.41) is 2.97. The fraction of sp³-hybridized carbons (Fsp3) is 0.632. The van der Waals surface area contributed by atoms with Gasteiger partial charge in [-0.2, -0.15) is 0 Å². The standard InChI is InChI=1S/C19H31NO3/c1-5-7-8-11-20-19(21)16-9-10-18(23-6-2)17(12-16)14-22-13-15(3)4/h9-10,12,15H,5-8,11,13-14H2,1-4H3,(H,20,21). The number of carbonyl (C=O) groups excluding carboxylic acids is 1. The number of rotatable bonds is 11. The molecule has 0 saturated carbocycles. The van der Waals surface area contributed by atoms with Crippen LogP contribution in [0, 0.1) is 5.92 Å². The summed E-state index contributed by atoms with van der Waals surface area (Å²) in [6.45, 7) is 10.8. The Bertz CT molecular complexity index is 472. The zero-order chi connectivity index (χ0) is 17.1. The normalized spacial score (nSPS) is 10.8. The van der Waals surface area contributed by atoms with E-state index in [0.29, 0.717) is 31.3 Å². The molecular formula is C19H31NO3. The molecule has 0 fully saturated rings. The molecule has 1 aromatic rings. The predicted molar refractivity (Wildman–Crippen MR) is 94.0 cm³/mol. The first-order chi connectivity index (χ1) is 11.1. The number of amides is 1. The van der Waals surface area contributed by atoms with Gasteiger partial charge in [-0.15, -0.1) is 0 Å². The molecule has 1 amide bonds. The molecule has 0 aliphatic heterocycles. The fourth-order valence-corrected chi connectivity index (χ4v) is 2.21. The van der Waals surface area contributed by atoms with Crippen molar-refractivity contribution in [2.75, 3.05) is 19.8 Å². The van der Waals surface area contributed by atoms with Gasteiger partial charge in [-0.1, -0.05) is 33.6 Å². The SMILES string of the molecule is CCCCCNC(=O)c1ccc(OCC)c(COCC(C)C)c1. The second-order valence-electron chi connectivity index (χ2n) is 6.13. The highest BCUT2D eigenvalue weighted by Crippen LogP contribution is 2.21. The van der Waals surface area contributed by atoms with Crippen molar-refractivity contribution in [2.45, 2.75) is 53.6 Å². The Hall–Kier alpha value is -1.55. The number of unbranched alkanes of at least 4 members (excludes halogenated alkanes) is 2. The van der Waals surface area contributed by atoms with Crippen LogP contribution in [0.4, 0.5) is 0 Å². The molecule has 0 unspecified atom stereocenters. The molecule has 0 aliphatic carbocycles. The van der Waals surface area contributed by atoms with Crippen LogP contribution in [0.3, 0.4) is 0 Å². The van der Waals surface area contributed by atoms with Crippen LogP contribution < -0.4 is 10.1 Å². The van der Waals surface area contributed by atoms with Gasteiger partial charge in [-0.05, 0) is 37.5 Å². The van der Waals surface area contributed by atoms with E-state index in [9.17, 15) is 4.79 Å². The van der Waals surface area contributed by atoms with Gasteiger partial charge in [0.25, 0.3) is 5.91 Å². The van der Waals surface area contributed by atoms with Gasteiger partial charge in [0.05, 0.1) is 13.2 Å². The van der Waals surface area contributed by atoms with Crippen molar-refractivity contribution in [3.05, 3.63) is 29.3 Å². The van der Waals surface area contributed by atoms with E-state index in [1.54, 1.807) is 0 Å². The van der Waals surface area contributed by atoms with Crippen LogP contribution in [0.5, 0.6) is 5.75 Å². The highest BCUT2D eigenvalue weighted by Gasteiger charge is 2.11. The molecule has 0 saturated heterocycles. The summed E-state index contributed by atoms with van der Waals surface area (Å²) in [7, 11) is 0. The predicted octanol–water partition coefficient (Wildman–Crippen LogP) is 4.18. The fourth-order valence-electron chi connectivity index (χ4n) is 2.21. The molecule has 4 nitrogen and oxygen atoms in total. The topological polar surface area (TPSA) is 47.6 Å². The van der Waals surface area contributed by atoms with Crippen LogP contribution in [0.25, 0.3) is 0 Å². The second-order valence-corrected chi connectivity index (χ2v) is 6.13. The van der Waals surface area contributed by atoms with Gasteiger partial charge in [0.1, 0.15) is 5.75 Å². The molecule has 4 heteroatoms. The molecule has 0 spiro atoms. The van der Waals surface area contributed by atoms with E-state index in [1.807, 2.05) is 25.1 Å². The monoisotopic (exact) mass is 321 g/mol. The highest BCUT2D eigenvalue weighted by molar-refractivity contribution is 5.94. The first-order valence-corrected chi connectivity index (χ1v) is 8.70. The van der Waals surface area contributed by atoms with Crippen LogP contribution >= 0.6 is 0 Å². The van der Waals surface area contributed by atoms with E-state index >= 15 is 0 Å². The first-order valence-electron chi connectivity index (χ1n) is 8.70. The Morgan fingerprint density at radius 2 is 2.00 bits per heavy atom. The van der Waals surface area contributed by atoms with Crippen molar-refractivity contribution in [3.63, 3.8) is 0 Å².